The molecule has 0 saturated heterocycles. The summed E-state index contributed by atoms with van der Waals surface area (Å²) in [4.78, 5) is 4.75. The molecule has 2 aromatic carbocycles. The van der Waals surface area contributed by atoms with E-state index in [2.05, 4.69) is 35.0 Å². The van der Waals surface area contributed by atoms with Crippen molar-refractivity contribution in [3.8, 4) is 22.7 Å². The van der Waals surface area contributed by atoms with E-state index in [9.17, 15) is 0 Å². The third-order valence-electron chi connectivity index (χ3n) is 3.76. The average molecular weight is 262 g/mol. The summed E-state index contributed by atoms with van der Waals surface area (Å²) in [6.45, 7) is 0. The SMILES string of the molecule is COc1ccc(-c2cn3c(n2)Cc2ccccc2-3)cc1. The van der Waals surface area contributed by atoms with E-state index in [0.717, 1.165) is 29.3 Å². The number of para-hydroxylation sites is 1. The summed E-state index contributed by atoms with van der Waals surface area (Å²) >= 11 is 0. The zero-order valence-electron chi connectivity index (χ0n) is 11.2. The van der Waals surface area contributed by atoms with Crippen molar-refractivity contribution >= 4 is 0 Å². The van der Waals surface area contributed by atoms with Crippen molar-refractivity contribution in [3.05, 3.63) is 66.1 Å². The van der Waals surface area contributed by atoms with E-state index in [1.807, 2.05) is 24.3 Å². The van der Waals surface area contributed by atoms with Crippen LogP contribution >= 0.6 is 0 Å². The summed E-state index contributed by atoms with van der Waals surface area (Å²) in [6, 6.07) is 16.5. The van der Waals surface area contributed by atoms with Crippen LogP contribution in [0.15, 0.2) is 54.7 Å². The number of benzene rings is 2. The lowest BCUT2D eigenvalue weighted by Gasteiger charge is -2.02. The molecule has 0 saturated carbocycles. The molecule has 1 aliphatic rings. The van der Waals surface area contributed by atoms with Crippen molar-refractivity contribution in [2.24, 2.45) is 0 Å². The molecular formula is C17H14N2O. The number of nitrogens with zero attached hydrogens (tertiary/aromatic N) is 2. The molecule has 0 unspecified atom stereocenters. The molecule has 1 aromatic heterocycles. The highest BCUT2D eigenvalue weighted by molar-refractivity contribution is 5.62. The number of ether oxygens (including phenoxy) is 1. The fraction of sp³-hybridized carbons (Fsp3) is 0.118. The second-order valence-corrected chi connectivity index (χ2v) is 4.95. The van der Waals surface area contributed by atoms with Crippen LogP contribution in [0.4, 0.5) is 0 Å². The maximum atomic E-state index is 5.19. The first kappa shape index (κ1) is 11.3. The Balaban J connectivity index is 1.76. The molecule has 98 valence electrons. The third kappa shape index (κ3) is 1.63. The summed E-state index contributed by atoms with van der Waals surface area (Å²) in [5, 5.41) is 0. The Morgan fingerprint density at radius 3 is 2.65 bits per heavy atom. The predicted octanol–water partition coefficient (Wildman–Crippen LogP) is 3.45. The van der Waals surface area contributed by atoms with E-state index >= 15 is 0 Å². The minimum absolute atomic E-state index is 0.867. The number of imidazole rings is 1. The molecule has 4 rings (SSSR count). The number of rotatable bonds is 2. The predicted molar refractivity (Wildman–Crippen MR) is 78.4 cm³/mol. The van der Waals surface area contributed by atoms with E-state index < -0.39 is 0 Å². The molecule has 20 heavy (non-hydrogen) atoms. The minimum Gasteiger partial charge on any atom is -0.497 e. The molecule has 2 heterocycles. The van der Waals surface area contributed by atoms with Crippen molar-refractivity contribution in [1.29, 1.82) is 0 Å². The fourth-order valence-corrected chi connectivity index (χ4v) is 2.72. The first-order valence-corrected chi connectivity index (χ1v) is 6.66. The molecular weight excluding hydrogens is 248 g/mol. The zero-order chi connectivity index (χ0) is 13.5. The lowest BCUT2D eigenvalue weighted by molar-refractivity contribution is 0.415. The Morgan fingerprint density at radius 1 is 1.05 bits per heavy atom. The minimum atomic E-state index is 0.867. The van der Waals surface area contributed by atoms with Crippen molar-refractivity contribution < 1.29 is 4.74 Å². The molecule has 3 heteroatoms. The lowest BCUT2D eigenvalue weighted by Crippen LogP contribution is -1.88. The van der Waals surface area contributed by atoms with Gasteiger partial charge in [-0.2, -0.15) is 0 Å². The molecule has 0 amide bonds. The number of aromatic nitrogens is 2. The van der Waals surface area contributed by atoms with Crippen LogP contribution < -0.4 is 4.74 Å². The molecule has 0 fully saturated rings. The van der Waals surface area contributed by atoms with Gasteiger partial charge in [0.25, 0.3) is 0 Å². The second kappa shape index (κ2) is 4.23. The van der Waals surface area contributed by atoms with Gasteiger partial charge in [0.15, 0.2) is 0 Å². The monoisotopic (exact) mass is 262 g/mol. The quantitative estimate of drug-likeness (QED) is 0.553. The van der Waals surface area contributed by atoms with Gasteiger partial charge < -0.3 is 9.30 Å². The Hall–Kier alpha value is -2.55. The van der Waals surface area contributed by atoms with E-state index in [-0.39, 0.29) is 0 Å². The molecule has 3 aromatic rings. The van der Waals surface area contributed by atoms with E-state index in [1.54, 1.807) is 7.11 Å². The van der Waals surface area contributed by atoms with Crippen LogP contribution in [-0.4, -0.2) is 16.7 Å². The Morgan fingerprint density at radius 2 is 1.85 bits per heavy atom. The van der Waals surface area contributed by atoms with Crippen molar-refractivity contribution in [1.82, 2.24) is 9.55 Å². The number of methoxy groups -OCH3 is 1. The summed E-state index contributed by atoms with van der Waals surface area (Å²) in [6.07, 6.45) is 3.02. The molecule has 0 spiro atoms. The van der Waals surface area contributed by atoms with Crippen LogP contribution in [0.25, 0.3) is 16.9 Å². The van der Waals surface area contributed by atoms with Gasteiger partial charge in [-0.25, -0.2) is 4.98 Å². The van der Waals surface area contributed by atoms with E-state index in [0.29, 0.717) is 0 Å². The van der Waals surface area contributed by atoms with Gasteiger partial charge in [-0.05, 0) is 35.9 Å². The molecule has 0 aliphatic carbocycles. The van der Waals surface area contributed by atoms with Crippen molar-refractivity contribution in [2.75, 3.05) is 7.11 Å². The standard InChI is InChI=1S/C17H14N2O/c1-20-14-8-6-12(7-9-14)15-11-19-16-5-3-2-4-13(16)10-17(19)18-15/h2-9,11H,10H2,1H3. The molecule has 3 nitrogen and oxygen atoms in total. The molecule has 0 N–H and O–H groups in total. The highest BCUT2D eigenvalue weighted by atomic mass is 16.5. The molecule has 0 atom stereocenters. The Labute approximate surface area is 117 Å². The highest BCUT2D eigenvalue weighted by Gasteiger charge is 2.20. The second-order valence-electron chi connectivity index (χ2n) is 4.95. The van der Waals surface area contributed by atoms with Gasteiger partial charge in [-0.1, -0.05) is 18.2 Å². The van der Waals surface area contributed by atoms with Gasteiger partial charge in [-0.15, -0.1) is 0 Å². The zero-order valence-corrected chi connectivity index (χ0v) is 11.2. The molecule has 1 aliphatic heterocycles. The first-order valence-electron chi connectivity index (χ1n) is 6.66. The Kier molecular flexibility index (Phi) is 2.39. The summed E-state index contributed by atoms with van der Waals surface area (Å²) < 4.78 is 7.38. The van der Waals surface area contributed by atoms with Crippen LogP contribution in [0.1, 0.15) is 11.4 Å². The van der Waals surface area contributed by atoms with Crippen LogP contribution in [0, 0.1) is 0 Å². The number of hydrogen-bond donors (Lipinski definition) is 0. The third-order valence-corrected chi connectivity index (χ3v) is 3.76. The lowest BCUT2D eigenvalue weighted by atomic mass is 10.1. The smallest absolute Gasteiger partial charge is 0.118 e. The Bertz CT molecular complexity index is 772. The van der Waals surface area contributed by atoms with Gasteiger partial charge >= 0.3 is 0 Å². The summed E-state index contributed by atoms with van der Waals surface area (Å²) in [7, 11) is 1.68. The number of fused-ring (bicyclic) bond motifs is 3. The van der Waals surface area contributed by atoms with Gasteiger partial charge in [-0.3, -0.25) is 0 Å². The topological polar surface area (TPSA) is 27.1 Å². The van der Waals surface area contributed by atoms with E-state index in [4.69, 9.17) is 9.72 Å². The van der Waals surface area contributed by atoms with E-state index in [1.165, 1.54) is 11.3 Å². The van der Waals surface area contributed by atoms with Crippen LogP contribution in [0.3, 0.4) is 0 Å². The fourth-order valence-electron chi connectivity index (χ4n) is 2.72. The van der Waals surface area contributed by atoms with Gasteiger partial charge in [0.05, 0.1) is 18.5 Å². The summed E-state index contributed by atoms with van der Waals surface area (Å²) in [5.74, 6) is 1.97. The van der Waals surface area contributed by atoms with Gasteiger partial charge in [0, 0.05) is 18.2 Å². The van der Waals surface area contributed by atoms with Gasteiger partial charge in [0.1, 0.15) is 11.6 Å². The number of hydrogen-bond acceptors (Lipinski definition) is 2. The largest absolute Gasteiger partial charge is 0.497 e. The van der Waals surface area contributed by atoms with Gasteiger partial charge in [0.2, 0.25) is 0 Å². The van der Waals surface area contributed by atoms with Crippen LogP contribution in [0.2, 0.25) is 0 Å². The normalized spacial score (nSPS) is 12.1. The van der Waals surface area contributed by atoms with Crippen LogP contribution in [-0.2, 0) is 6.42 Å². The first-order chi connectivity index (χ1) is 9.85. The molecule has 0 radical (unpaired) electrons. The molecule has 0 bridgehead atoms. The van der Waals surface area contributed by atoms with Crippen molar-refractivity contribution in [2.45, 2.75) is 6.42 Å². The summed E-state index contributed by atoms with van der Waals surface area (Å²) in [5.41, 5.74) is 4.72. The maximum Gasteiger partial charge on any atom is 0.118 e. The van der Waals surface area contributed by atoms with Crippen molar-refractivity contribution in [3.63, 3.8) is 0 Å². The average Bonchev–Trinajstić information content (AvgIpc) is 3.05. The highest BCUT2D eigenvalue weighted by Crippen LogP contribution is 2.30. The maximum absolute atomic E-state index is 5.19. The van der Waals surface area contributed by atoms with Crippen LogP contribution in [0.5, 0.6) is 5.75 Å².